The average molecular weight is 291 g/mol. The van der Waals surface area contributed by atoms with Crippen molar-refractivity contribution in [3.8, 4) is 0 Å². The lowest BCUT2D eigenvalue weighted by atomic mass is 10.00. The van der Waals surface area contributed by atoms with Gasteiger partial charge in [-0.05, 0) is 18.8 Å². The van der Waals surface area contributed by atoms with Gasteiger partial charge in [-0.2, -0.15) is 8.42 Å². The summed E-state index contributed by atoms with van der Waals surface area (Å²) >= 11 is 0. The number of carbonyl (C=O) groups excluding carboxylic acids is 1. The van der Waals surface area contributed by atoms with Gasteiger partial charge in [-0.3, -0.25) is 4.79 Å². The first-order chi connectivity index (χ1) is 8.94. The largest absolute Gasteiger partial charge is 0.342 e. The summed E-state index contributed by atoms with van der Waals surface area (Å²) in [6, 6.07) is 0. The molecular weight excluding hydrogens is 269 g/mol. The number of carbonyl (C=O) groups is 1. The summed E-state index contributed by atoms with van der Waals surface area (Å²) < 4.78 is 33.9. The average Bonchev–Trinajstić information content (AvgIpc) is 2.52. The normalized spacial score (nSPS) is 26.7. The molecule has 1 aliphatic heterocycles. The lowest BCUT2D eigenvalue weighted by Crippen LogP contribution is -2.31. The van der Waals surface area contributed by atoms with Crippen molar-refractivity contribution in [1.29, 1.82) is 0 Å². The van der Waals surface area contributed by atoms with Gasteiger partial charge in [-0.15, -0.1) is 3.89 Å². The van der Waals surface area contributed by atoms with E-state index < -0.39 is 16.0 Å². The Balaban J connectivity index is 1.85. The predicted octanol–water partition coefficient (Wildman–Crippen LogP) is 2.10. The first-order valence-corrected chi connectivity index (χ1v) is 8.69. The quantitative estimate of drug-likeness (QED) is 0.589. The van der Waals surface area contributed by atoms with E-state index in [2.05, 4.69) is 0 Å². The number of hydrogen-bond acceptors (Lipinski definition) is 3. The topological polar surface area (TPSA) is 54.5 Å². The summed E-state index contributed by atoms with van der Waals surface area (Å²) in [6.07, 6.45) is 7.45. The highest BCUT2D eigenvalue weighted by Crippen LogP contribution is 2.27. The molecule has 1 saturated heterocycles. The van der Waals surface area contributed by atoms with Crippen LogP contribution in [0, 0.1) is 11.8 Å². The maximum atomic E-state index is 12.6. The van der Waals surface area contributed by atoms with E-state index in [0.29, 0.717) is 12.5 Å². The van der Waals surface area contributed by atoms with Gasteiger partial charge in [0.05, 0.1) is 5.75 Å². The standard InChI is InChI=1S/C13H22FNO3S/c14-19(17,18)10-12-7-13(16)15(9-12)8-11-5-3-1-2-4-6-11/h11-12H,1-10H2. The third kappa shape index (κ3) is 4.75. The monoisotopic (exact) mass is 291 g/mol. The number of rotatable bonds is 4. The van der Waals surface area contributed by atoms with E-state index in [4.69, 9.17) is 0 Å². The van der Waals surface area contributed by atoms with Crippen molar-refractivity contribution in [2.24, 2.45) is 11.8 Å². The molecule has 1 saturated carbocycles. The molecule has 19 heavy (non-hydrogen) atoms. The summed E-state index contributed by atoms with van der Waals surface area (Å²) in [7, 11) is -4.47. The van der Waals surface area contributed by atoms with Crippen LogP contribution in [0.3, 0.4) is 0 Å². The highest BCUT2D eigenvalue weighted by atomic mass is 32.3. The molecule has 0 spiro atoms. The fraction of sp³-hybridized carbons (Fsp3) is 0.923. The summed E-state index contributed by atoms with van der Waals surface area (Å²) in [5, 5.41) is 0. The first-order valence-electron chi connectivity index (χ1n) is 7.14. The molecular formula is C13H22FNO3S. The van der Waals surface area contributed by atoms with Crippen LogP contribution < -0.4 is 0 Å². The Kier molecular flexibility index (Phi) is 4.81. The van der Waals surface area contributed by atoms with Crippen molar-refractivity contribution in [3.63, 3.8) is 0 Å². The van der Waals surface area contributed by atoms with Gasteiger partial charge in [0.15, 0.2) is 0 Å². The van der Waals surface area contributed by atoms with E-state index in [9.17, 15) is 17.1 Å². The highest BCUT2D eigenvalue weighted by molar-refractivity contribution is 7.86. The van der Waals surface area contributed by atoms with Gasteiger partial charge in [0.1, 0.15) is 0 Å². The van der Waals surface area contributed by atoms with Crippen molar-refractivity contribution < 1.29 is 17.1 Å². The zero-order chi connectivity index (χ0) is 13.9. The summed E-state index contributed by atoms with van der Waals surface area (Å²) in [4.78, 5) is 13.6. The van der Waals surface area contributed by atoms with Gasteiger partial charge in [-0.25, -0.2) is 0 Å². The van der Waals surface area contributed by atoms with Crippen LogP contribution in [0.1, 0.15) is 44.9 Å². The minimum Gasteiger partial charge on any atom is -0.342 e. The van der Waals surface area contributed by atoms with Crippen LogP contribution in [-0.4, -0.2) is 38.1 Å². The fourth-order valence-electron chi connectivity index (χ4n) is 3.28. The van der Waals surface area contributed by atoms with Gasteiger partial charge in [0, 0.05) is 25.4 Å². The van der Waals surface area contributed by atoms with E-state index in [0.717, 1.165) is 19.4 Å². The SMILES string of the molecule is O=C1CC(CS(=O)(=O)F)CN1CC1CCCCCC1. The first kappa shape index (κ1) is 14.8. The number of hydrogen-bond donors (Lipinski definition) is 0. The summed E-state index contributed by atoms with van der Waals surface area (Å²) in [5.41, 5.74) is 0. The van der Waals surface area contributed by atoms with Gasteiger partial charge in [-0.1, -0.05) is 25.7 Å². The highest BCUT2D eigenvalue weighted by Gasteiger charge is 2.33. The fourth-order valence-corrected chi connectivity index (χ4v) is 4.07. The van der Waals surface area contributed by atoms with Gasteiger partial charge >= 0.3 is 10.2 Å². The molecule has 1 amide bonds. The smallest absolute Gasteiger partial charge is 0.302 e. The Labute approximate surface area is 114 Å². The molecule has 2 rings (SSSR count). The van der Waals surface area contributed by atoms with Crippen LogP contribution in [0.2, 0.25) is 0 Å². The van der Waals surface area contributed by atoms with Crippen LogP contribution in [-0.2, 0) is 15.0 Å². The Hall–Kier alpha value is -0.650. The van der Waals surface area contributed by atoms with Gasteiger partial charge in [0.2, 0.25) is 5.91 Å². The van der Waals surface area contributed by atoms with E-state index in [1.807, 2.05) is 0 Å². The molecule has 0 aromatic rings. The van der Waals surface area contributed by atoms with Crippen LogP contribution in [0.4, 0.5) is 3.89 Å². The molecule has 2 fully saturated rings. The Morgan fingerprint density at radius 1 is 1.11 bits per heavy atom. The second-order valence-electron chi connectivity index (χ2n) is 5.93. The number of nitrogens with zero attached hydrogens (tertiary/aromatic N) is 1. The molecule has 0 bridgehead atoms. The Morgan fingerprint density at radius 2 is 1.74 bits per heavy atom. The van der Waals surface area contributed by atoms with Crippen LogP contribution in [0.5, 0.6) is 0 Å². The Morgan fingerprint density at radius 3 is 2.32 bits per heavy atom. The van der Waals surface area contributed by atoms with E-state index in [1.54, 1.807) is 4.90 Å². The third-order valence-corrected chi connectivity index (χ3v) is 5.05. The number of halogens is 1. The molecule has 1 atom stereocenters. The molecule has 0 N–H and O–H groups in total. The molecule has 1 heterocycles. The van der Waals surface area contributed by atoms with E-state index in [1.165, 1.54) is 25.7 Å². The number of amides is 1. The molecule has 4 nitrogen and oxygen atoms in total. The van der Waals surface area contributed by atoms with Crippen LogP contribution in [0.25, 0.3) is 0 Å². The molecule has 0 radical (unpaired) electrons. The molecule has 1 aliphatic carbocycles. The molecule has 110 valence electrons. The summed E-state index contributed by atoms with van der Waals surface area (Å²) in [6.45, 7) is 1.13. The van der Waals surface area contributed by atoms with Crippen molar-refractivity contribution >= 4 is 16.1 Å². The second kappa shape index (κ2) is 6.20. The summed E-state index contributed by atoms with van der Waals surface area (Å²) in [5.74, 6) is -0.363. The maximum absolute atomic E-state index is 12.6. The third-order valence-electron chi connectivity index (χ3n) is 4.18. The minimum absolute atomic E-state index is 0.0158. The molecule has 0 aromatic heterocycles. The van der Waals surface area contributed by atoms with Crippen molar-refractivity contribution in [2.75, 3.05) is 18.8 Å². The van der Waals surface area contributed by atoms with Crippen LogP contribution in [0.15, 0.2) is 0 Å². The zero-order valence-corrected chi connectivity index (χ0v) is 12.0. The van der Waals surface area contributed by atoms with Crippen molar-refractivity contribution in [3.05, 3.63) is 0 Å². The molecule has 2 aliphatic rings. The van der Waals surface area contributed by atoms with Crippen LogP contribution >= 0.6 is 0 Å². The number of likely N-dealkylation sites (tertiary alicyclic amines) is 1. The van der Waals surface area contributed by atoms with Crippen molar-refractivity contribution in [2.45, 2.75) is 44.9 Å². The van der Waals surface area contributed by atoms with Gasteiger partial charge < -0.3 is 4.90 Å². The van der Waals surface area contributed by atoms with Gasteiger partial charge in [0.25, 0.3) is 0 Å². The van der Waals surface area contributed by atoms with E-state index in [-0.39, 0.29) is 18.2 Å². The molecule has 0 aromatic carbocycles. The zero-order valence-electron chi connectivity index (χ0n) is 11.2. The molecule has 6 heteroatoms. The minimum atomic E-state index is -4.47. The molecule has 1 unspecified atom stereocenters. The van der Waals surface area contributed by atoms with E-state index >= 15 is 0 Å². The Bertz CT molecular complexity index is 416. The maximum Gasteiger partial charge on any atom is 0.302 e. The second-order valence-corrected chi connectivity index (χ2v) is 7.34. The predicted molar refractivity (Wildman–Crippen MR) is 70.8 cm³/mol. The lowest BCUT2D eigenvalue weighted by molar-refractivity contribution is -0.128. The van der Waals surface area contributed by atoms with Crippen molar-refractivity contribution in [1.82, 2.24) is 4.90 Å². The lowest BCUT2D eigenvalue weighted by Gasteiger charge is -2.23.